The third kappa shape index (κ3) is 5.18. The van der Waals surface area contributed by atoms with Crippen molar-refractivity contribution in [3.63, 3.8) is 0 Å². The van der Waals surface area contributed by atoms with E-state index in [0.29, 0.717) is 19.1 Å². The van der Waals surface area contributed by atoms with Crippen LogP contribution in [0.5, 0.6) is 0 Å². The van der Waals surface area contributed by atoms with Gasteiger partial charge >= 0.3 is 0 Å². The molecule has 1 atom stereocenters. The summed E-state index contributed by atoms with van der Waals surface area (Å²) in [5, 5.41) is 3.40. The highest BCUT2D eigenvalue weighted by Crippen LogP contribution is 2.23. The number of rotatable bonds is 3. The van der Waals surface area contributed by atoms with Crippen LogP contribution in [0.1, 0.15) is 20.8 Å². The molecular weight excluding hydrogens is 443 g/mol. The standard InChI is InChI=1S/C15H30N4O3S.HI/c1-13(18-5-8-22-9-6-18)11-17-14(16-4)19-7-10-23(20,21)15(2,3)12-19;/h13H,5-12H2,1-4H3,(H,16,17);1H. The van der Waals surface area contributed by atoms with Gasteiger partial charge < -0.3 is 15.0 Å². The predicted octanol–water partition coefficient (Wildman–Crippen LogP) is 0.410. The Morgan fingerprint density at radius 2 is 1.92 bits per heavy atom. The molecule has 2 fully saturated rings. The van der Waals surface area contributed by atoms with Gasteiger partial charge in [-0.3, -0.25) is 9.89 Å². The van der Waals surface area contributed by atoms with Crippen LogP contribution < -0.4 is 5.32 Å². The van der Waals surface area contributed by atoms with Crippen molar-refractivity contribution in [1.82, 2.24) is 15.1 Å². The van der Waals surface area contributed by atoms with Gasteiger partial charge in [0.2, 0.25) is 0 Å². The van der Waals surface area contributed by atoms with Crippen molar-refractivity contribution in [1.29, 1.82) is 0 Å². The van der Waals surface area contributed by atoms with Gasteiger partial charge in [0.15, 0.2) is 15.8 Å². The summed E-state index contributed by atoms with van der Waals surface area (Å²) >= 11 is 0. The lowest BCUT2D eigenvalue weighted by Crippen LogP contribution is -2.58. The molecule has 0 radical (unpaired) electrons. The molecule has 9 heteroatoms. The molecule has 0 spiro atoms. The smallest absolute Gasteiger partial charge is 0.193 e. The van der Waals surface area contributed by atoms with E-state index in [1.165, 1.54) is 0 Å². The third-order valence-corrected chi connectivity index (χ3v) is 7.31. The number of nitrogens with zero attached hydrogens (tertiary/aromatic N) is 3. The number of hydrogen-bond acceptors (Lipinski definition) is 5. The summed E-state index contributed by atoms with van der Waals surface area (Å²) in [6, 6.07) is 0.386. The first kappa shape index (κ1) is 21.9. The molecule has 0 aromatic carbocycles. The summed E-state index contributed by atoms with van der Waals surface area (Å²) in [5.41, 5.74) is 0. The molecule has 1 unspecified atom stereocenters. The Kier molecular flexibility index (Phi) is 8.21. The molecule has 2 heterocycles. The molecule has 0 aliphatic carbocycles. The van der Waals surface area contributed by atoms with E-state index < -0.39 is 14.6 Å². The van der Waals surface area contributed by atoms with Crippen molar-refractivity contribution in [2.45, 2.75) is 31.6 Å². The van der Waals surface area contributed by atoms with Gasteiger partial charge in [-0.25, -0.2) is 8.42 Å². The average molecular weight is 474 g/mol. The number of sulfone groups is 1. The zero-order chi connectivity index (χ0) is 17.1. The molecule has 2 saturated heterocycles. The minimum atomic E-state index is -3.03. The van der Waals surface area contributed by atoms with Crippen LogP contribution in [0.25, 0.3) is 0 Å². The molecule has 2 aliphatic rings. The van der Waals surface area contributed by atoms with Crippen LogP contribution in [-0.2, 0) is 14.6 Å². The van der Waals surface area contributed by atoms with Crippen molar-refractivity contribution in [2.75, 3.05) is 58.7 Å². The molecule has 7 nitrogen and oxygen atoms in total. The number of ether oxygens (including phenoxy) is 1. The molecule has 142 valence electrons. The SMILES string of the molecule is CN=C(NCC(C)N1CCOCC1)N1CCS(=O)(=O)C(C)(C)C1.I. The maximum absolute atomic E-state index is 12.1. The molecule has 1 N–H and O–H groups in total. The predicted molar refractivity (Wildman–Crippen MR) is 108 cm³/mol. The number of hydrogen-bond donors (Lipinski definition) is 1. The Hall–Kier alpha value is -0.130. The van der Waals surface area contributed by atoms with Crippen LogP contribution >= 0.6 is 24.0 Å². The molecule has 24 heavy (non-hydrogen) atoms. The zero-order valence-corrected chi connectivity index (χ0v) is 18.3. The maximum Gasteiger partial charge on any atom is 0.193 e. The molecule has 0 saturated carbocycles. The van der Waals surface area contributed by atoms with Crippen molar-refractivity contribution >= 4 is 39.8 Å². The summed E-state index contributed by atoms with van der Waals surface area (Å²) in [6.07, 6.45) is 0. The molecule has 0 amide bonds. The first-order chi connectivity index (χ1) is 10.8. The fourth-order valence-electron chi connectivity index (χ4n) is 3.04. The van der Waals surface area contributed by atoms with E-state index in [1.807, 2.05) is 4.90 Å². The second kappa shape index (κ2) is 9.00. The number of nitrogens with one attached hydrogen (secondary N) is 1. The Bertz CT molecular complexity index is 533. The molecule has 0 aromatic rings. The van der Waals surface area contributed by atoms with Crippen molar-refractivity contribution < 1.29 is 13.2 Å². The molecule has 2 aliphatic heterocycles. The second-order valence-electron chi connectivity index (χ2n) is 6.93. The fourth-order valence-corrected chi connectivity index (χ4v) is 4.41. The summed E-state index contributed by atoms with van der Waals surface area (Å²) in [6.45, 7) is 11.0. The van der Waals surface area contributed by atoms with E-state index >= 15 is 0 Å². The van der Waals surface area contributed by atoms with Gasteiger partial charge in [0, 0.05) is 45.8 Å². The largest absolute Gasteiger partial charge is 0.379 e. The first-order valence-electron chi connectivity index (χ1n) is 8.26. The van der Waals surface area contributed by atoms with Gasteiger partial charge in [0.25, 0.3) is 0 Å². The third-order valence-electron chi connectivity index (χ3n) is 4.78. The Morgan fingerprint density at radius 3 is 2.46 bits per heavy atom. The van der Waals surface area contributed by atoms with Crippen LogP contribution in [0.2, 0.25) is 0 Å². The van der Waals surface area contributed by atoms with Crippen LogP contribution in [0.4, 0.5) is 0 Å². The van der Waals surface area contributed by atoms with Crippen molar-refractivity contribution in [3.05, 3.63) is 0 Å². The van der Waals surface area contributed by atoms with E-state index in [2.05, 4.69) is 22.1 Å². The van der Waals surface area contributed by atoms with Gasteiger partial charge in [0.05, 0.1) is 23.7 Å². The maximum atomic E-state index is 12.1. The molecular formula is C15H31IN4O3S. The highest BCUT2D eigenvalue weighted by atomic mass is 127. The van der Waals surface area contributed by atoms with E-state index in [9.17, 15) is 8.42 Å². The van der Waals surface area contributed by atoms with Crippen LogP contribution in [0.3, 0.4) is 0 Å². The van der Waals surface area contributed by atoms with E-state index in [-0.39, 0.29) is 29.7 Å². The van der Waals surface area contributed by atoms with Gasteiger partial charge in [-0.1, -0.05) is 0 Å². The van der Waals surface area contributed by atoms with Crippen LogP contribution in [-0.4, -0.2) is 93.7 Å². The monoisotopic (exact) mass is 474 g/mol. The van der Waals surface area contributed by atoms with Crippen LogP contribution in [0.15, 0.2) is 4.99 Å². The first-order valence-corrected chi connectivity index (χ1v) is 9.92. The van der Waals surface area contributed by atoms with E-state index in [1.54, 1.807) is 20.9 Å². The highest BCUT2D eigenvalue weighted by Gasteiger charge is 2.41. The van der Waals surface area contributed by atoms with E-state index in [4.69, 9.17) is 4.74 Å². The lowest BCUT2D eigenvalue weighted by Gasteiger charge is -2.40. The minimum absolute atomic E-state index is 0. The normalized spacial score (nSPS) is 25.7. The van der Waals surface area contributed by atoms with E-state index in [0.717, 1.165) is 38.8 Å². The number of morpholine rings is 1. The van der Waals surface area contributed by atoms with Gasteiger partial charge in [-0.05, 0) is 20.8 Å². The number of halogens is 1. The quantitative estimate of drug-likeness (QED) is 0.363. The fraction of sp³-hybridized carbons (Fsp3) is 0.933. The lowest BCUT2D eigenvalue weighted by atomic mass is 10.2. The number of guanidine groups is 1. The summed E-state index contributed by atoms with van der Waals surface area (Å²) < 4.78 is 28.9. The number of aliphatic imine (C=N–C) groups is 1. The van der Waals surface area contributed by atoms with Gasteiger partial charge in [0.1, 0.15) is 0 Å². The zero-order valence-electron chi connectivity index (χ0n) is 15.1. The van der Waals surface area contributed by atoms with Crippen LogP contribution in [0, 0.1) is 0 Å². The average Bonchev–Trinajstić information content (AvgIpc) is 2.52. The van der Waals surface area contributed by atoms with Gasteiger partial charge in [-0.15, -0.1) is 24.0 Å². The summed E-state index contributed by atoms with van der Waals surface area (Å²) in [7, 11) is -1.28. The second-order valence-corrected chi connectivity index (χ2v) is 9.67. The Morgan fingerprint density at radius 1 is 1.29 bits per heavy atom. The Balaban J connectivity index is 0.00000288. The molecule has 0 bridgehead atoms. The van der Waals surface area contributed by atoms with Crippen molar-refractivity contribution in [3.8, 4) is 0 Å². The topological polar surface area (TPSA) is 74.2 Å². The molecule has 0 aromatic heterocycles. The minimum Gasteiger partial charge on any atom is -0.379 e. The molecule has 2 rings (SSSR count). The van der Waals surface area contributed by atoms with Crippen molar-refractivity contribution in [2.24, 2.45) is 4.99 Å². The lowest BCUT2D eigenvalue weighted by molar-refractivity contribution is 0.0210. The van der Waals surface area contributed by atoms with Gasteiger partial charge in [-0.2, -0.15) is 0 Å². The summed E-state index contributed by atoms with van der Waals surface area (Å²) in [4.78, 5) is 8.78. The Labute approximate surface area is 163 Å². The highest BCUT2D eigenvalue weighted by molar-refractivity contribution is 14.0. The summed E-state index contributed by atoms with van der Waals surface area (Å²) in [5.74, 6) is 0.966.